The molecule has 0 amide bonds. The van der Waals surface area contributed by atoms with E-state index in [0.29, 0.717) is 0 Å². The average Bonchev–Trinajstić information content (AvgIpc) is 2.76. The fraction of sp³-hybridized carbons (Fsp3) is 1.00. The molecule has 0 radical (unpaired) electrons. The molecule has 0 spiro atoms. The number of unbranched alkanes of at least 4 members (excludes halogenated alkanes) is 10. The summed E-state index contributed by atoms with van der Waals surface area (Å²) in [4.78, 5) is 2.88. The van der Waals surface area contributed by atoms with Gasteiger partial charge in [0.2, 0.25) is 0 Å². The van der Waals surface area contributed by atoms with Crippen molar-refractivity contribution in [3.05, 3.63) is 0 Å². The Morgan fingerprint density at radius 1 is 0.433 bits per heavy atom. The van der Waals surface area contributed by atoms with Crippen molar-refractivity contribution in [1.29, 1.82) is 0 Å². The molecule has 30 heavy (non-hydrogen) atoms. The zero-order chi connectivity index (χ0) is 22.3. The van der Waals surface area contributed by atoms with Crippen molar-refractivity contribution >= 4 is 0 Å². The van der Waals surface area contributed by atoms with Crippen LogP contribution in [0.25, 0.3) is 0 Å². The molecule has 182 valence electrons. The van der Waals surface area contributed by atoms with Crippen LogP contribution in [-0.4, -0.2) is 24.5 Å². The number of nitrogens with zero attached hydrogens (tertiary/aromatic N) is 1. The molecule has 0 aliphatic rings. The molecule has 0 N–H and O–H groups in total. The zero-order valence-electron chi connectivity index (χ0n) is 22.2. The fourth-order valence-corrected chi connectivity index (χ4v) is 4.94. The van der Waals surface area contributed by atoms with E-state index >= 15 is 0 Å². The Balaban J connectivity index is 4.42. The van der Waals surface area contributed by atoms with Gasteiger partial charge >= 0.3 is 0 Å². The molecule has 0 heterocycles. The molecule has 0 aliphatic carbocycles. The summed E-state index contributed by atoms with van der Waals surface area (Å²) >= 11 is 0. The minimum absolute atomic E-state index is 0.920. The largest absolute Gasteiger partial charge is 0.303 e. The SMILES string of the molecule is CCCCCCCCCCN(CCC(CCC)CCCCC)CC(CC)CCCC. The van der Waals surface area contributed by atoms with Crippen molar-refractivity contribution in [3.8, 4) is 0 Å². The lowest BCUT2D eigenvalue weighted by atomic mass is 9.92. The van der Waals surface area contributed by atoms with Crippen molar-refractivity contribution in [2.24, 2.45) is 11.8 Å². The van der Waals surface area contributed by atoms with Gasteiger partial charge in [0, 0.05) is 6.54 Å². The number of hydrogen-bond donors (Lipinski definition) is 0. The highest BCUT2D eigenvalue weighted by Gasteiger charge is 2.15. The minimum atomic E-state index is 0.920. The molecule has 1 heteroatoms. The van der Waals surface area contributed by atoms with Crippen LogP contribution in [0.5, 0.6) is 0 Å². The Hall–Kier alpha value is -0.0400. The summed E-state index contributed by atoms with van der Waals surface area (Å²) in [5.41, 5.74) is 0. The van der Waals surface area contributed by atoms with E-state index in [2.05, 4.69) is 39.5 Å². The van der Waals surface area contributed by atoms with Crippen LogP contribution in [0, 0.1) is 11.8 Å². The van der Waals surface area contributed by atoms with Crippen LogP contribution in [0.3, 0.4) is 0 Å². The second-order valence-corrected chi connectivity index (χ2v) is 10.1. The molecule has 0 saturated carbocycles. The molecule has 0 aromatic heterocycles. The first kappa shape index (κ1) is 30.0. The minimum Gasteiger partial charge on any atom is -0.303 e. The Labute approximate surface area is 193 Å². The predicted molar refractivity (Wildman–Crippen MR) is 140 cm³/mol. The molecule has 0 fully saturated rings. The molecule has 0 bridgehead atoms. The average molecular weight is 424 g/mol. The Morgan fingerprint density at radius 3 is 1.60 bits per heavy atom. The highest BCUT2D eigenvalue weighted by Crippen LogP contribution is 2.22. The van der Waals surface area contributed by atoms with E-state index in [1.54, 1.807) is 0 Å². The van der Waals surface area contributed by atoms with Gasteiger partial charge in [0.25, 0.3) is 0 Å². The van der Waals surface area contributed by atoms with Crippen molar-refractivity contribution in [3.63, 3.8) is 0 Å². The first-order valence-electron chi connectivity index (χ1n) is 14.4. The first-order valence-corrected chi connectivity index (χ1v) is 14.4. The molecule has 0 saturated heterocycles. The lowest BCUT2D eigenvalue weighted by Crippen LogP contribution is -2.32. The lowest BCUT2D eigenvalue weighted by molar-refractivity contribution is 0.196. The van der Waals surface area contributed by atoms with E-state index in [4.69, 9.17) is 0 Å². The van der Waals surface area contributed by atoms with E-state index in [-0.39, 0.29) is 0 Å². The summed E-state index contributed by atoms with van der Waals surface area (Å²) in [7, 11) is 0. The molecule has 0 rings (SSSR count). The van der Waals surface area contributed by atoms with Gasteiger partial charge in [-0.2, -0.15) is 0 Å². The van der Waals surface area contributed by atoms with Gasteiger partial charge in [-0.1, -0.05) is 137 Å². The van der Waals surface area contributed by atoms with Gasteiger partial charge in [-0.15, -0.1) is 0 Å². The van der Waals surface area contributed by atoms with Crippen molar-refractivity contribution in [1.82, 2.24) is 4.90 Å². The van der Waals surface area contributed by atoms with Gasteiger partial charge in [0.1, 0.15) is 0 Å². The highest BCUT2D eigenvalue weighted by atomic mass is 15.1. The van der Waals surface area contributed by atoms with Gasteiger partial charge < -0.3 is 4.90 Å². The summed E-state index contributed by atoms with van der Waals surface area (Å²) < 4.78 is 0. The van der Waals surface area contributed by atoms with Gasteiger partial charge in [-0.05, 0) is 44.2 Å². The van der Waals surface area contributed by atoms with Crippen LogP contribution in [-0.2, 0) is 0 Å². The molecular weight excluding hydrogens is 362 g/mol. The van der Waals surface area contributed by atoms with Crippen LogP contribution in [0.2, 0.25) is 0 Å². The van der Waals surface area contributed by atoms with Gasteiger partial charge in [0.15, 0.2) is 0 Å². The van der Waals surface area contributed by atoms with E-state index in [9.17, 15) is 0 Å². The Morgan fingerprint density at radius 2 is 1.00 bits per heavy atom. The van der Waals surface area contributed by atoms with E-state index in [0.717, 1.165) is 11.8 Å². The summed E-state index contributed by atoms with van der Waals surface area (Å²) in [6.07, 6.45) is 27.0. The summed E-state index contributed by atoms with van der Waals surface area (Å²) in [6, 6.07) is 0. The quantitative estimate of drug-likeness (QED) is 0.140. The second-order valence-electron chi connectivity index (χ2n) is 10.1. The molecule has 0 aromatic carbocycles. The third kappa shape index (κ3) is 18.7. The Kier molecular flexibility index (Phi) is 23.6. The predicted octanol–water partition coefficient (Wildman–Crippen LogP) is 10.0. The van der Waals surface area contributed by atoms with Gasteiger partial charge in [-0.25, -0.2) is 0 Å². The van der Waals surface area contributed by atoms with Crippen molar-refractivity contribution < 1.29 is 0 Å². The van der Waals surface area contributed by atoms with Crippen molar-refractivity contribution in [2.45, 2.75) is 157 Å². The normalized spacial score (nSPS) is 13.8. The molecule has 2 unspecified atom stereocenters. The fourth-order valence-electron chi connectivity index (χ4n) is 4.94. The molecule has 0 aromatic rings. The zero-order valence-corrected chi connectivity index (χ0v) is 22.2. The monoisotopic (exact) mass is 423 g/mol. The standard InChI is InChI=1S/C29H61N/c1-6-11-14-15-16-17-18-20-25-30(27-28(10-5)22-13-8-3)26-24-29(21-9-4)23-19-12-7-2/h28-29H,6-27H2,1-5H3. The summed E-state index contributed by atoms with van der Waals surface area (Å²) in [5, 5.41) is 0. The summed E-state index contributed by atoms with van der Waals surface area (Å²) in [6.45, 7) is 15.9. The maximum Gasteiger partial charge on any atom is 0.000956 e. The van der Waals surface area contributed by atoms with Crippen LogP contribution in [0.4, 0.5) is 0 Å². The first-order chi connectivity index (χ1) is 14.7. The third-order valence-electron chi connectivity index (χ3n) is 7.15. The van der Waals surface area contributed by atoms with Crippen molar-refractivity contribution in [2.75, 3.05) is 19.6 Å². The number of hydrogen-bond acceptors (Lipinski definition) is 1. The van der Waals surface area contributed by atoms with Gasteiger partial charge in [0.05, 0.1) is 0 Å². The van der Waals surface area contributed by atoms with E-state index in [1.807, 2.05) is 0 Å². The highest BCUT2D eigenvalue weighted by molar-refractivity contribution is 4.69. The van der Waals surface area contributed by atoms with E-state index in [1.165, 1.54) is 142 Å². The van der Waals surface area contributed by atoms with Gasteiger partial charge in [-0.3, -0.25) is 0 Å². The summed E-state index contributed by atoms with van der Waals surface area (Å²) in [5.74, 6) is 1.89. The molecule has 0 aliphatic heterocycles. The molecular formula is C29H61N. The Bertz CT molecular complexity index is 313. The smallest absolute Gasteiger partial charge is 0.000956 e. The third-order valence-corrected chi connectivity index (χ3v) is 7.15. The molecule has 2 atom stereocenters. The topological polar surface area (TPSA) is 3.24 Å². The van der Waals surface area contributed by atoms with Crippen LogP contribution >= 0.6 is 0 Å². The van der Waals surface area contributed by atoms with Crippen LogP contribution in [0.1, 0.15) is 157 Å². The second kappa shape index (κ2) is 23.6. The van der Waals surface area contributed by atoms with E-state index < -0.39 is 0 Å². The lowest BCUT2D eigenvalue weighted by Gasteiger charge is -2.29. The van der Waals surface area contributed by atoms with Crippen LogP contribution < -0.4 is 0 Å². The molecule has 1 nitrogen and oxygen atoms in total. The van der Waals surface area contributed by atoms with Crippen LogP contribution in [0.15, 0.2) is 0 Å². The maximum absolute atomic E-state index is 2.88. The maximum atomic E-state index is 2.88. The number of rotatable bonds is 24.